The molecule has 1 aliphatic rings. The lowest BCUT2D eigenvalue weighted by molar-refractivity contribution is -0.0707. The molecule has 0 bridgehead atoms. The van der Waals surface area contributed by atoms with Gasteiger partial charge in [-0.1, -0.05) is 6.07 Å². The number of ether oxygens (including phenoxy) is 2. The molecule has 0 radical (unpaired) electrons. The monoisotopic (exact) mass is 565 g/mol. The van der Waals surface area contributed by atoms with Gasteiger partial charge in [-0.25, -0.2) is 18.4 Å². The molecule has 1 aliphatic heterocycles. The number of aromatic amines is 1. The van der Waals surface area contributed by atoms with Crippen LogP contribution in [0.1, 0.15) is 30.0 Å². The lowest BCUT2D eigenvalue weighted by Gasteiger charge is -2.35. The Morgan fingerprint density at radius 1 is 1.12 bits per heavy atom. The van der Waals surface area contributed by atoms with E-state index in [-0.39, 0.29) is 29.7 Å². The lowest BCUT2D eigenvalue weighted by Crippen LogP contribution is -2.45. The Kier molecular flexibility index (Phi) is 7.70. The minimum atomic E-state index is -3.57. The molecular formula is C27H31N7O5S. The maximum absolute atomic E-state index is 13.3. The normalized spacial score (nSPS) is 18.0. The van der Waals surface area contributed by atoms with Gasteiger partial charge in [-0.2, -0.15) is 5.10 Å². The molecule has 3 N–H and O–H groups in total. The second-order valence-corrected chi connectivity index (χ2v) is 11.7. The number of nitrogens with one attached hydrogen (secondary N) is 3. The van der Waals surface area contributed by atoms with E-state index in [1.165, 1.54) is 7.11 Å². The van der Waals surface area contributed by atoms with Gasteiger partial charge in [-0.3, -0.25) is 19.5 Å². The zero-order valence-electron chi connectivity index (χ0n) is 22.6. The Morgan fingerprint density at radius 3 is 2.60 bits per heavy atom. The molecule has 210 valence electrons. The number of carbonyl (C=O) groups is 1. The maximum atomic E-state index is 13.3. The Hall–Kier alpha value is -4.07. The quantitative estimate of drug-likeness (QED) is 0.292. The summed E-state index contributed by atoms with van der Waals surface area (Å²) in [6.07, 6.45) is 4.52. The molecule has 4 heterocycles. The number of anilines is 2. The number of fused-ring (bicyclic) bond motifs is 1. The standard InChI is InChI=1S/C27H31N7O5S/c1-16-13-34(14-17(2)39-16)15-20-6-5-7-22(30-20)26(35)31-23-8-18(9-24-21(23)12-29-32-24)19-10-25(33-40(4,36)37)27(38-3)28-11-19/h5-12,16-17,33H,13-15H2,1-4H3,(H,29,32)(H,31,35)/t16-,17+. The summed E-state index contributed by atoms with van der Waals surface area (Å²) >= 11 is 0. The number of carbonyl (C=O) groups excluding carboxylic acids is 1. The maximum Gasteiger partial charge on any atom is 0.274 e. The van der Waals surface area contributed by atoms with Crippen LogP contribution in [0.3, 0.4) is 0 Å². The lowest BCUT2D eigenvalue weighted by atomic mass is 10.0. The predicted molar refractivity (Wildman–Crippen MR) is 152 cm³/mol. The van der Waals surface area contributed by atoms with Crippen molar-refractivity contribution in [3.63, 3.8) is 0 Å². The number of nitrogens with zero attached hydrogens (tertiary/aromatic N) is 4. The van der Waals surface area contributed by atoms with Crippen LogP contribution in [-0.2, 0) is 21.3 Å². The molecule has 13 heteroatoms. The zero-order chi connectivity index (χ0) is 28.4. The van der Waals surface area contributed by atoms with Crippen LogP contribution in [0.5, 0.6) is 5.88 Å². The summed E-state index contributed by atoms with van der Waals surface area (Å²) in [5, 5.41) is 10.7. The van der Waals surface area contributed by atoms with E-state index in [1.807, 2.05) is 18.2 Å². The van der Waals surface area contributed by atoms with Crippen LogP contribution >= 0.6 is 0 Å². The van der Waals surface area contributed by atoms with Gasteiger partial charge >= 0.3 is 0 Å². The van der Waals surface area contributed by atoms with Gasteiger partial charge in [0.1, 0.15) is 11.4 Å². The van der Waals surface area contributed by atoms with Crippen LogP contribution in [0, 0.1) is 0 Å². The third-order valence-electron chi connectivity index (χ3n) is 6.40. The predicted octanol–water partition coefficient (Wildman–Crippen LogP) is 3.26. The first-order valence-electron chi connectivity index (χ1n) is 12.7. The van der Waals surface area contributed by atoms with Crippen LogP contribution < -0.4 is 14.8 Å². The highest BCUT2D eigenvalue weighted by Crippen LogP contribution is 2.33. The Bertz CT molecular complexity index is 1650. The van der Waals surface area contributed by atoms with Crippen molar-refractivity contribution in [1.82, 2.24) is 25.1 Å². The van der Waals surface area contributed by atoms with Crippen molar-refractivity contribution < 1.29 is 22.7 Å². The van der Waals surface area contributed by atoms with Crippen molar-refractivity contribution in [1.29, 1.82) is 0 Å². The number of hydrogen-bond acceptors (Lipinski definition) is 9. The number of pyridine rings is 2. The highest BCUT2D eigenvalue weighted by Gasteiger charge is 2.23. The molecule has 1 amide bonds. The van der Waals surface area contributed by atoms with Gasteiger partial charge in [-0.05, 0) is 49.7 Å². The van der Waals surface area contributed by atoms with E-state index in [1.54, 1.807) is 30.6 Å². The van der Waals surface area contributed by atoms with Crippen LogP contribution in [0.25, 0.3) is 22.0 Å². The number of amides is 1. The third-order valence-corrected chi connectivity index (χ3v) is 6.99. The summed E-state index contributed by atoms with van der Waals surface area (Å²) in [7, 11) is -2.16. The first kappa shape index (κ1) is 27.5. The summed E-state index contributed by atoms with van der Waals surface area (Å²) in [5.74, 6) is -0.227. The number of rotatable bonds is 8. The van der Waals surface area contributed by atoms with Crippen LogP contribution in [0.4, 0.5) is 11.4 Å². The summed E-state index contributed by atoms with van der Waals surface area (Å²) in [6.45, 7) is 6.32. The summed E-state index contributed by atoms with van der Waals surface area (Å²) in [5.41, 5.74) is 3.76. The summed E-state index contributed by atoms with van der Waals surface area (Å²) in [6, 6.07) is 10.7. The number of morpholine rings is 1. The van der Waals surface area contributed by atoms with Gasteiger partial charge in [-0.15, -0.1) is 0 Å². The third kappa shape index (κ3) is 6.38. The van der Waals surface area contributed by atoms with Crippen molar-refractivity contribution in [2.24, 2.45) is 0 Å². The van der Waals surface area contributed by atoms with Crippen LogP contribution in [-0.4, -0.2) is 78.1 Å². The van der Waals surface area contributed by atoms with E-state index >= 15 is 0 Å². The van der Waals surface area contributed by atoms with E-state index in [0.29, 0.717) is 40.0 Å². The molecule has 5 rings (SSSR count). The van der Waals surface area contributed by atoms with E-state index in [2.05, 4.69) is 49.0 Å². The summed E-state index contributed by atoms with van der Waals surface area (Å²) in [4.78, 5) is 24.5. The van der Waals surface area contributed by atoms with Gasteiger partial charge < -0.3 is 14.8 Å². The molecule has 1 fully saturated rings. The summed E-state index contributed by atoms with van der Waals surface area (Å²) < 4.78 is 37.2. The highest BCUT2D eigenvalue weighted by atomic mass is 32.2. The topological polar surface area (TPSA) is 151 Å². The average molecular weight is 566 g/mol. The molecule has 0 spiro atoms. The van der Waals surface area contributed by atoms with E-state index in [4.69, 9.17) is 9.47 Å². The van der Waals surface area contributed by atoms with E-state index in [9.17, 15) is 13.2 Å². The van der Waals surface area contributed by atoms with Crippen molar-refractivity contribution in [3.05, 3.63) is 60.2 Å². The van der Waals surface area contributed by atoms with Gasteiger partial charge in [0.15, 0.2) is 0 Å². The van der Waals surface area contributed by atoms with Crippen molar-refractivity contribution in [2.45, 2.75) is 32.6 Å². The molecule has 0 unspecified atom stereocenters. The molecule has 40 heavy (non-hydrogen) atoms. The first-order valence-corrected chi connectivity index (χ1v) is 14.6. The SMILES string of the molecule is COc1ncc(-c2cc(NC(=O)c3cccc(CN4C[C@@H](C)O[C@@H](C)C4)n3)c3cn[nH]c3c2)cc1NS(C)(=O)=O. The number of H-pyrrole nitrogens is 1. The molecule has 1 aromatic carbocycles. The fraction of sp³-hybridized carbons (Fsp3) is 0.333. The minimum Gasteiger partial charge on any atom is -0.480 e. The van der Waals surface area contributed by atoms with Gasteiger partial charge in [0.25, 0.3) is 5.91 Å². The number of sulfonamides is 1. The second-order valence-electron chi connectivity index (χ2n) is 9.93. The number of hydrogen-bond donors (Lipinski definition) is 3. The zero-order valence-corrected chi connectivity index (χ0v) is 23.4. The molecule has 12 nitrogen and oxygen atoms in total. The fourth-order valence-corrected chi connectivity index (χ4v) is 5.44. The van der Waals surface area contributed by atoms with Gasteiger partial charge in [0.05, 0.1) is 48.7 Å². The number of benzene rings is 1. The largest absolute Gasteiger partial charge is 0.480 e. The molecule has 3 aromatic heterocycles. The van der Waals surface area contributed by atoms with Crippen LogP contribution in [0.2, 0.25) is 0 Å². The molecule has 1 saturated heterocycles. The van der Waals surface area contributed by atoms with Gasteiger partial charge in [0.2, 0.25) is 15.9 Å². The van der Waals surface area contributed by atoms with Crippen LogP contribution in [0.15, 0.2) is 48.8 Å². The minimum absolute atomic E-state index is 0.136. The fourth-order valence-electron chi connectivity index (χ4n) is 4.89. The van der Waals surface area contributed by atoms with Crippen molar-refractivity contribution in [3.8, 4) is 17.0 Å². The Labute approximate surface area is 232 Å². The van der Waals surface area contributed by atoms with Crippen molar-refractivity contribution >= 4 is 38.2 Å². The molecule has 0 saturated carbocycles. The Morgan fingerprint density at radius 2 is 1.88 bits per heavy atom. The highest BCUT2D eigenvalue weighted by molar-refractivity contribution is 7.92. The Balaban J connectivity index is 1.42. The van der Waals surface area contributed by atoms with E-state index in [0.717, 1.165) is 25.0 Å². The smallest absolute Gasteiger partial charge is 0.274 e. The average Bonchev–Trinajstić information content (AvgIpc) is 3.36. The second kappa shape index (κ2) is 11.2. The van der Waals surface area contributed by atoms with Crippen molar-refractivity contribution in [2.75, 3.05) is 36.5 Å². The number of aromatic nitrogens is 4. The van der Waals surface area contributed by atoms with E-state index < -0.39 is 10.0 Å². The molecule has 2 atom stereocenters. The van der Waals surface area contributed by atoms with Gasteiger partial charge in [0, 0.05) is 36.8 Å². The first-order chi connectivity index (χ1) is 19.1. The number of methoxy groups -OCH3 is 1. The molecule has 4 aromatic rings. The molecule has 0 aliphatic carbocycles. The molecular weight excluding hydrogens is 534 g/mol.